The van der Waals surface area contributed by atoms with Crippen LogP contribution in [0.25, 0.3) is 0 Å². The molecule has 8 heteroatoms. The molecule has 2 rings (SSSR count). The molecule has 0 N–H and O–H groups in total. The molecular weight excluding hydrogens is 316 g/mol. The van der Waals surface area contributed by atoms with E-state index in [9.17, 15) is 27.2 Å². The number of ketones is 1. The van der Waals surface area contributed by atoms with E-state index in [-0.39, 0.29) is 6.54 Å². The number of fused-ring (bicyclic) bond motifs is 1. The first-order valence-corrected chi connectivity index (χ1v) is 6.97. The zero-order valence-corrected chi connectivity index (χ0v) is 12.3. The molecule has 1 amide bonds. The number of rotatable bonds is 5. The molecule has 2 aliphatic heterocycles. The van der Waals surface area contributed by atoms with E-state index in [1.807, 2.05) is 0 Å². The number of halogens is 4. The normalized spacial score (nSPS) is 25.3. The van der Waals surface area contributed by atoms with Crippen LogP contribution in [0.2, 0.25) is 0 Å². The van der Waals surface area contributed by atoms with E-state index in [0.717, 1.165) is 16.1 Å². The van der Waals surface area contributed by atoms with Crippen molar-refractivity contribution in [3.05, 3.63) is 36.2 Å². The zero-order valence-electron chi connectivity index (χ0n) is 12.3. The molecule has 0 aliphatic carbocycles. The molecule has 0 spiro atoms. The van der Waals surface area contributed by atoms with Crippen molar-refractivity contribution in [2.75, 3.05) is 19.8 Å². The van der Waals surface area contributed by atoms with Gasteiger partial charge in [-0.1, -0.05) is 18.7 Å². The van der Waals surface area contributed by atoms with Crippen molar-refractivity contribution in [1.29, 1.82) is 0 Å². The van der Waals surface area contributed by atoms with Gasteiger partial charge in [0.15, 0.2) is 5.78 Å². The van der Waals surface area contributed by atoms with Gasteiger partial charge < -0.3 is 0 Å². The summed E-state index contributed by atoms with van der Waals surface area (Å²) in [5, 5.41) is 2.15. The lowest BCUT2D eigenvalue weighted by molar-refractivity contribution is -0.164. The van der Waals surface area contributed by atoms with Crippen LogP contribution in [-0.2, 0) is 9.59 Å². The van der Waals surface area contributed by atoms with E-state index in [4.69, 9.17) is 0 Å². The fourth-order valence-corrected chi connectivity index (χ4v) is 2.59. The molecule has 126 valence electrons. The molecule has 1 atom stereocenters. The number of hydrazine groups is 1. The van der Waals surface area contributed by atoms with Gasteiger partial charge in [-0.05, 0) is 11.6 Å². The first-order chi connectivity index (χ1) is 10.7. The van der Waals surface area contributed by atoms with E-state index in [1.165, 1.54) is 12.2 Å². The largest absolute Gasteiger partial charge is 0.297 e. The van der Waals surface area contributed by atoms with Gasteiger partial charge in [0.25, 0.3) is 5.92 Å². The quantitative estimate of drug-likeness (QED) is 0.441. The number of Topliss-reactive ketones (excluding diaryl/α,β-unsaturated/α-hetero) is 1. The zero-order chi connectivity index (χ0) is 17.2. The predicted molar refractivity (Wildman–Crippen MR) is 74.8 cm³/mol. The molecule has 0 unspecified atom stereocenters. The standard InChI is InChI=1S/C15H16F4N2O2/c1-10(3-2-4-11(17)7-16)8-20-14(23)5-13(22)12-6-15(18,19)9-21(12)20/h2-4,12H,1,5-9H2/b3-2-,11-4+/t12-/m0/s1. The van der Waals surface area contributed by atoms with Crippen molar-refractivity contribution in [3.63, 3.8) is 0 Å². The predicted octanol–water partition coefficient (Wildman–Crippen LogP) is 2.35. The Kier molecular flexibility index (Phi) is 5.03. The Hall–Kier alpha value is -1.96. The topological polar surface area (TPSA) is 40.6 Å². The van der Waals surface area contributed by atoms with Crippen LogP contribution >= 0.6 is 0 Å². The second-order valence-electron chi connectivity index (χ2n) is 5.53. The molecule has 0 bridgehead atoms. The fraction of sp³-hybridized carbons (Fsp3) is 0.467. The minimum Gasteiger partial charge on any atom is -0.297 e. The van der Waals surface area contributed by atoms with Gasteiger partial charge in [0.1, 0.15) is 12.5 Å². The molecule has 2 fully saturated rings. The Morgan fingerprint density at radius 1 is 1.39 bits per heavy atom. The van der Waals surface area contributed by atoms with E-state index in [1.54, 1.807) is 0 Å². The summed E-state index contributed by atoms with van der Waals surface area (Å²) in [6.45, 7) is 1.62. The Morgan fingerprint density at radius 3 is 2.74 bits per heavy atom. The number of hydrogen-bond donors (Lipinski definition) is 0. The van der Waals surface area contributed by atoms with Crippen LogP contribution in [-0.4, -0.2) is 53.4 Å². The average molecular weight is 332 g/mol. The van der Waals surface area contributed by atoms with Gasteiger partial charge in [-0.2, -0.15) is 0 Å². The highest BCUT2D eigenvalue weighted by Gasteiger charge is 2.53. The van der Waals surface area contributed by atoms with Crippen LogP contribution in [0, 0.1) is 0 Å². The molecule has 0 radical (unpaired) electrons. The van der Waals surface area contributed by atoms with Crippen molar-refractivity contribution in [1.82, 2.24) is 10.0 Å². The second-order valence-corrected chi connectivity index (χ2v) is 5.53. The van der Waals surface area contributed by atoms with Crippen LogP contribution < -0.4 is 0 Å². The van der Waals surface area contributed by atoms with Crippen LogP contribution in [0.3, 0.4) is 0 Å². The molecule has 0 saturated carbocycles. The number of nitrogens with zero attached hydrogens (tertiary/aromatic N) is 2. The van der Waals surface area contributed by atoms with Gasteiger partial charge >= 0.3 is 0 Å². The number of carbonyl (C=O) groups excluding carboxylic acids is 2. The van der Waals surface area contributed by atoms with Gasteiger partial charge in [0, 0.05) is 6.42 Å². The summed E-state index contributed by atoms with van der Waals surface area (Å²) in [4.78, 5) is 23.7. The number of amides is 1. The summed E-state index contributed by atoms with van der Waals surface area (Å²) in [5.74, 6) is -5.10. The second kappa shape index (κ2) is 6.66. The minimum atomic E-state index is -3.03. The summed E-state index contributed by atoms with van der Waals surface area (Å²) in [6, 6.07) is -1.01. The van der Waals surface area contributed by atoms with E-state index >= 15 is 0 Å². The Morgan fingerprint density at radius 2 is 2.09 bits per heavy atom. The third kappa shape index (κ3) is 4.07. The molecule has 23 heavy (non-hydrogen) atoms. The third-order valence-electron chi connectivity index (χ3n) is 3.63. The van der Waals surface area contributed by atoms with Gasteiger partial charge in [0.2, 0.25) is 5.91 Å². The van der Waals surface area contributed by atoms with E-state index in [2.05, 4.69) is 6.58 Å². The van der Waals surface area contributed by atoms with Gasteiger partial charge in [0.05, 0.1) is 25.6 Å². The molecule has 0 aromatic rings. The Labute approximate surface area is 130 Å². The van der Waals surface area contributed by atoms with Crippen molar-refractivity contribution in [2.45, 2.75) is 24.8 Å². The molecular formula is C15H16F4N2O2. The van der Waals surface area contributed by atoms with Crippen LogP contribution in [0.15, 0.2) is 36.2 Å². The number of carbonyl (C=O) groups is 2. The minimum absolute atomic E-state index is 0.0969. The molecule has 0 aromatic carbocycles. The summed E-state index contributed by atoms with van der Waals surface area (Å²) in [6.07, 6.45) is 2.43. The summed E-state index contributed by atoms with van der Waals surface area (Å²) in [5.41, 5.74) is 0.338. The first-order valence-electron chi connectivity index (χ1n) is 6.97. The number of hydrogen-bond acceptors (Lipinski definition) is 3. The molecule has 0 aromatic heterocycles. The van der Waals surface area contributed by atoms with Crippen molar-refractivity contribution >= 4 is 11.7 Å². The van der Waals surface area contributed by atoms with Crippen LogP contribution in [0.1, 0.15) is 12.8 Å². The summed E-state index contributed by atoms with van der Waals surface area (Å²) >= 11 is 0. The average Bonchev–Trinajstić information content (AvgIpc) is 2.79. The van der Waals surface area contributed by atoms with Crippen molar-refractivity contribution < 1.29 is 27.2 Å². The molecule has 4 nitrogen and oxygen atoms in total. The maximum Gasteiger partial charge on any atom is 0.264 e. The van der Waals surface area contributed by atoms with Gasteiger partial charge in [-0.3, -0.25) is 14.6 Å². The van der Waals surface area contributed by atoms with Crippen molar-refractivity contribution in [2.24, 2.45) is 0 Å². The van der Waals surface area contributed by atoms with Crippen molar-refractivity contribution in [3.8, 4) is 0 Å². The van der Waals surface area contributed by atoms with E-state index < -0.39 is 55.5 Å². The highest BCUT2D eigenvalue weighted by molar-refractivity contribution is 6.02. The lowest BCUT2D eigenvalue weighted by atomic mass is 10.0. The maximum absolute atomic E-state index is 13.5. The summed E-state index contributed by atoms with van der Waals surface area (Å²) < 4.78 is 51.6. The highest BCUT2D eigenvalue weighted by atomic mass is 19.3. The lowest BCUT2D eigenvalue weighted by Gasteiger charge is -2.38. The monoisotopic (exact) mass is 332 g/mol. The summed E-state index contributed by atoms with van der Waals surface area (Å²) in [7, 11) is 0. The van der Waals surface area contributed by atoms with Crippen LogP contribution in [0.4, 0.5) is 17.6 Å². The fourth-order valence-electron chi connectivity index (χ4n) is 2.59. The maximum atomic E-state index is 13.5. The highest BCUT2D eigenvalue weighted by Crippen LogP contribution is 2.36. The Balaban J connectivity index is 2.07. The molecule has 2 heterocycles. The molecule has 2 aliphatic rings. The van der Waals surface area contributed by atoms with Gasteiger partial charge in [-0.25, -0.2) is 22.6 Å². The smallest absolute Gasteiger partial charge is 0.264 e. The number of allylic oxidation sites excluding steroid dienone is 3. The van der Waals surface area contributed by atoms with Gasteiger partial charge in [-0.15, -0.1) is 0 Å². The first kappa shape index (κ1) is 17.4. The Bertz CT molecular complexity index is 586. The number of alkyl halides is 3. The van der Waals surface area contributed by atoms with Crippen LogP contribution in [0.5, 0.6) is 0 Å². The van der Waals surface area contributed by atoms with E-state index in [0.29, 0.717) is 5.57 Å². The molecule has 2 saturated heterocycles. The SMILES string of the molecule is C=C(/C=C\C=C(\F)CF)CN1C(=O)CC(=O)[C@@H]2CC(F)(F)CN21. The third-order valence-corrected chi connectivity index (χ3v) is 3.63. The lowest BCUT2D eigenvalue weighted by Crippen LogP contribution is -2.57.